The molecule has 2 aliphatic carbocycles. The standard InChI is InChI=1S/C24H33N3O3/c25-18-24(15-9-17-30-21-14-7-8-16-29-21)22(26-19-10-3-1-4-11-19)27(23(24)28)20-12-5-2-6-13-20/h19-21H,1-8,10-14,16-17H2. The number of hydrogen-bond donors (Lipinski definition) is 0. The van der Waals surface area contributed by atoms with Crippen LogP contribution in [-0.2, 0) is 14.3 Å². The molecule has 2 unspecified atom stereocenters. The van der Waals surface area contributed by atoms with E-state index in [1.54, 1.807) is 0 Å². The Morgan fingerprint density at radius 3 is 2.40 bits per heavy atom. The lowest BCUT2D eigenvalue weighted by Gasteiger charge is -2.48. The Hall–Kier alpha value is -1.89. The van der Waals surface area contributed by atoms with Gasteiger partial charge in [0, 0.05) is 12.6 Å². The summed E-state index contributed by atoms with van der Waals surface area (Å²) in [7, 11) is 0. The van der Waals surface area contributed by atoms with Crippen LogP contribution in [0.15, 0.2) is 4.99 Å². The Morgan fingerprint density at radius 1 is 1.03 bits per heavy atom. The van der Waals surface area contributed by atoms with Crippen molar-refractivity contribution in [1.82, 2.24) is 4.90 Å². The van der Waals surface area contributed by atoms with E-state index >= 15 is 0 Å². The van der Waals surface area contributed by atoms with Gasteiger partial charge < -0.3 is 9.47 Å². The van der Waals surface area contributed by atoms with Gasteiger partial charge in [0.25, 0.3) is 11.3 Å². The highest BCUT2D eigenvalue weighted by Crippen LogP contribution is 2.40. The third kappa shape index (κ3) is 4.41. The number of ether oxygens (including phenoxy) is 2. The van der Waals surface area contributed by atoms with Gasteiger partial charge in [-0.2, -0.15) is 5.26 Å². The molecule has 30 heavy (non-hydrogen) atoms. The molecule has 2 saturated heterocycles. The van der Waals surface area contributed by atoms with Crippen molar-refractivity contribution in [2.75, 3.05) is 13.2 Å². The molecule has 4 aliphatic rings. The van der Waals surface area contributed by atoms with Crippen LogP contribution in [0.5, 0.6) is 0 Å². The van der Waals surface area contributed by atoms with Gasteiger partial charge in [0.15, 0.2) is 6.29 Å². The lowest BCUT2D eigenvalue weighted by molar-refractivity contribution is -0.154. The van der Waals surface area contributed by atoms with E-state index in [2.05, 4.69) is 17.9 Å². The number of likely N-dealkylation sites (tertiary alicyclic amines) is 1. The van der Waals surface area contributed by atoms with Crippen LogP contribution in [0.3, 0.4) is 0 Å². The molecule has 0 radical (unpaired) electrons. The fraction of sp³-hybridized carbons (Fsp3) is 0.792. The fourth-order valence-corrected chi connectivity index (χ4v) is 5.10. The number of carbonyl (C=O) groups excluding carboxylic acids is 1. The van der Waals surface area contributed by atoms with Crippen LogP contribution in [-0.4, -0.2) is 48.2 Å². The summed E-state index contributed by atoms with van der Waals surface area (Å²) in [5.74, 6) is 6.33. The van der Waals surface area contributed by atoms with Gasteiger partial charge in [-0.15, -0.1) is 0 Å². The van der Waals surface area contributed by atoms with Crippen LogP contribution in [0.2, 0.25) is 0 Å². The molecule has 0 aromatic carbocycles. The quantitative estimate of drug-likeness (QED) is 0.519. The van der Waals surface area contributed by atoms with Crippen LogP contribution in [0.4, 0.5) is 0 Å². The van der Waals surface area contributed by atoms with Gasteiger partial charge in [-0.1, -0.05) is 50.4 Å². The van der Waals surface area contributed by atoms with Crippen molar-refractivity contribution in [1.29, 1.82) is 5.26 Å². The minimum absolute atomic E-state index is 0.168. The molecule has 162 valence electrons. The largest absolute Gasteiger partial charge is 0.353 e. The number of β-lactam (4-membered cyclic amide) rings is 1. The van der Waals surface area contributed by atoms with Gasteiger partial charge in [0.05, 0.1) is 6.04 Å². The van der Waals surface area contributed by atoms with Gasteiger partial charge in [-0.3, -0.25) is 14.7 Å². The highest BCUT2D eigenvalue weighted by molar-refractivity contribution is 6.28. The number of nitriles is 1. The number of amides is 1. The van der Waals surface area contributed by atoms with Crippen LogP contribution in [0.25, 0.3) is 0 Å². The average Bonchev–Trinajstić information content (AvgIpc) is 2.81. The molecule has 4 fully saturated rings. The lowest BCUT2D eigenvalue weighted by atomic mass is 9.75. The van der Waals surface area contributed by atoms with Crippen LogP contribution in [0, 0.1) is 28.6 Å². The summed E-state index contributed by atoms with van der Waals surface area (Å²) in [5, 5.41) is 10.0. The normalized spacial score (nSPS) is 32.2. The predicted molar refractivity (Wildman–Crippen MR) is 113 cm³/mol. The second-order valence-corrected chi connectivity index (χ2v) is 8.98. The van der Waals surface area contributed by atoms with Crippen molar-refractivity contribution < 1.29 is 14.3 Å². The molecule has 2 heterocycles. The third-order valence-corrected chi connectivity index (χ3v) is 6.85. The van der Waals surface area contributed by atoms with Crippen molar-refractivity contribution in [3.8, 4) is 17.9 Å². The first-order valence-electron chi connectivity index (χ1n) is 11.8. The zero-order valence-corrected chi connectivity index (χ0v) is 17.9. The number of rotatable bonds is 4. The second-order valence-electron chi connectivity index (χ2n) is 8.98. The summed E-state index contributed by atoms with van der Waals surface area (Å²) in [6.07, 6.45) is 13.9. The second kappa shape index (κ2) is 9.94. The zero-order chi connectivity index (χ0) is 20.8. The first-order chi connectivity index (χ1) is 14.7. The van der Waals surface area contributed by atoms with Crippen molar-refractivity contribution in [2.45, 2.75) is 102 Å². The van der Waals surface area contributed by atoms with Crippen molar-refractivity contribution in [3.05, 3.63) is 0 Å². The summed E-state index contributed by atoms with van der Waals surface area (Å²) >= 11 is 0. The molecular formula is C24H33N3O3. The van der Waals surface area contributed by atoms with E-state index in [9.17, 15) is 10.1 Å². The minimum Gasteiger partial charge on any atom is -0.353 e. The summed E-state index contributed by atoms with van der Waals surface area (Å²) in [6.45, 7) is 0.884. The van der Waals surface area contributed by atoms with E-state index in [1.165, 1.54) is 25.7 Å². The Bertz CT molecular complexity index is 744. The van der Waals surface area contributed by atoms with Gasteiger partial charge >= 0.3 is 0 Å². The number of hydrogen-bond acceptors (Lipinski definition) is 5. The zero-order valence-electron chi connectivity index (χ0n) is 17.9. The molecular weight excluding hydrogens is 378 g/mol. The predicted octanol–water partition coefficient (Wildman–Crippen LogP) is 3.95. The van der Waals surface area contributed by atoms with E-state index in [0.29, 0.717) is 12.4 Å². The molecule has 2 saturated carbocycles. The maximum atomic E-state index is 13.2. The molecule has 1 amide bonds. The smallest absolute Gasteiger partial charge is 0.268 e. The molecule has 0 N–H and O–H groups in total. The van der Waals surface area contributed by atoms with E-state index in [4.69, 9.17) is 14.5 Å². The van der Waals surface area contributed by atoms with Crippen LogP contribution >= 0.6 is 0 Å². The third-order valence-electron chi connectivity index (χ3n) is 6.85. The maximum Gasteiger partial charge on any atom is 0.268 e. The highest BCUT2D eigenvalue weighted by atomic mass is 16.7. The number of amidine groups is 1. The van der Waals surface area contributed by atoms with Gasteiger partial charge in [-0.25, -0.2) is 0 Å². The van der Waals surface area contributed by atoms with Crippen LogP contribution in [0.1, 0.15) is 83.5 Å². The molecule has 6 heteroatoms. The molecule has 0 spiro atoms. The number of carbonyl (C=O) groups is 1. The van der Waals surface area contributed by atoms with E-state index in [-0.39, 0.29) is 30.9 Å². The monoisotopic (exact) mass is 411 g/mol. The van der Waals surface area contributed by atoms with Gasteiger partial charge in [0.1, 0.15) is 18.5 Å². The van der Waals surface area contributed by atoms with Crippen LogP contribution < -0.4 is 0 Å². The molecule has 0 bridgehead atoms. The highest BCUT2D eigenvalue weighted by Gasteiger charge is 2.61. The lowest BCUT2D eigenvalue weighted by Crippen LogP contribution is -2.68. The van der Waals surface area contributed by atoms with Gasteiger partial charge in [0.2, 0.25) is 0 Å². The van der Waals surface area contributed by atoms with Crippen molar-refractivity contribution in [3.63, 3.8) is 0 Å². The Kier molecular flexibility index (Phi) is 7.08. The minimum atomic E-state index is -1.42. The number of nitrogens with zero attached hydrogens (tertiary/aromatic N) is 3. The Morgan fingerprint density at radius 2 is 1.73 bits per heavy atom. The number of aliphatic imine (C=N–C) groups is 1. The Balaban J connectivity index is 1.51. The van der Waals surface area contributed by atoms with E-state index in [0.717, 1.165) is 57.8 Å². The average molecular weight is 412 g/mol. The molecule has 2 aliphatic heterocycles. The maximum absolute atomic E-state index is 13.2. The van der Waals surface area contributed by atoms with Crippen molar-refractivity contribution in [2.24, 2.45) is 10.4 Å². The van der Waals surface area contributed by atoms with E-state index in [1.807, 2.05) is 4.90 Å². The first-order valence-corrected chi connectivity index (χ1v) is 11.8. The molecule has 0 aromatic heterocycles. The summed E-state index contributed by atoms with van der Waals surface area (Å²) < 4.78 is 11.2. The molecule has 6 nitrogen and oxygen atoms in total. The summed E-state index contributed by atoms with van der Waals surface area (Å²) in [6, 6.07) is 2.60. The fourth-order valence-electron chi connectivity index (χ4n) is 5.10. The topological polar surface area (TPSA) is 74.9 Å². The molecule has 0 aromatic rings. The molecule has 4 rings (SSSR count). The van der Waals surface area contributed by atoms with Crippen molar-refractivity contribution >= 4 is 11.7 Å². The first kappa shape index (κ1) is 21.3. The SMILES string of the molecule is N#CC1(C#CCOC2CCCCO2)C(=O)N(C2CCCCC2)C1=NC1CCCCC1. The Labute approximate surface area is 180 Å². The van der Waals surface area contributed by atoms with Gasteiger partial charge in [-0.05, 0) is 44.9 Å². The van der Waals surface area contributed by atoms with E-state index < -0.39 is 5.41 Å². The summed E-state index contributed by atoms with van der Waals surface area (Å²) in [5.41, 5.74) is -1.42. The molecule has 2 atom stereocenters. The summed E-state index contributed by atoms with van der Waals surface area (Å²) in [4.78, 5) is 20.0.